The number of fused-ring (bicyclic) bond motifs is 1. The van der Waals surface area contributed by atoms with Crippen molar-refractivity contribution in [3.63, 3.8) is 0 Å². The van der Waals surface area contributed by atoms with E-state index in [1.165, 1.54) is 0 Å². The molecule has 0 saturated carbocycles. The van der Waals surface area contributed by atoms with Gasteiger partial charge in [0.15, 0.2) is 6.10 Å². The summed E-state index contributed by atoms with van der Waals surface area (Å²) in [6, 6.07) is 15.0. The number of para-hydroxylation sites is 2. The molecule has 1 aliphatic rings. The second kappa shape index (κ2) is 8.22. The molecule has 2 aromatic carbocycles. The first-order valence-corrected chi connectivity index (χ1v) is 9.85. The smallest absolute Gasteiger partial charge is 0.261 e. The second-order valence-corrected chi connectivity index (χ2v) is 7.39. The molecule has 0 aromatic heterocycles. The topological polar surface area (TPSA) is 47.6 Å². The van der Waals surface area contributed by atoms with E-state index >= 15 is 0 Å². The summed E-state index contributed by atoms with van der Waals surface area (Å²) in [5.74, 6) is 1.18. The number of amides is 1. The lowest BCUT2D eigenvalue weighted by Crippen LogP contribution is -2.46. The van der Waals surface area contributed by atoms with Gasteiger partial charge in [0.2, 0.25) is 0 Å². The summed E-state index contributed by atoms with van der Waals surface area (Å²) in [5.41, 5.74) is 0.743. The van der Waals surface area contributed by atoms with Crippen LogP contribution in [-0.4, -0.2) is 17.6 Å². The Morgan fingerprint density at radius 1 is 1.22 bits per heavy atom. The average Bonchev–Trinajstić information content (AvgIpc) is 2.69. The van der Waals surface area contributed by atoms with Crippen LogP contribution in [0, 0.1) is 0 Å². The Morgan fingerprint density at radius 2 is 1.89 bits per heavy atom. The predicted molar refractivity (Wildman–Crippen MR) is 107 cm³/mol. The van der Waals surface area contributed by atoms with E-state index in [1.807, 2.05) is 36.4 Å². The van der Waals surface area contributed by atoms with E-state index in [1.54, 1.807) is 19.1 Å². The fourth-order valence-corrected chi connectivity index (χ4v) is 3.68. The third-order valence-corrected chi connectivity index (χ3v) is 5.62. The zero-order valence-electron chi connectivity index (χ0n) is 16.0. The SMILES string of the molecule is CCC1(CC)C[C@@H](NC(=O)[C@@H](C)Oc2ccccc2Cl)c2ccccc2O1. The van der Waals surface area contributed by atoms with Gasteiger partial charge >= 0.3 is 0 Å². The third-order valence-electron chi connectivity index (χ3n) is 5.31. The van der Waals surface area contributed by atoms with Crippen molar-refractivity contribution in [2.75, 3.05) is 0 Å². The number of rotatable bonds is 6. The van der Waals surface area contributed by atoms with Crippen LogP contribution in [0.4, 0.5) is 0 Å². The molecule has 4 nitrogen and oxygen atoms in total. The maximum Gasteiger partial charge on any atom is 0.261 e. The number of halogens is 1. The molecule has 0 spiro atoms. The molecular weight excluding hydrogens is 362 g/mol. The first-order valence-electron chi connectivity index (χ1n) is 9.47. The predicted octanol–water partition coefficient (Wildman–Crippen LogP) is 5.31. The van der Waals surface area contributed by atoms with Crippen molar-refractivity contribution in [1.82, 2.24) is 5.32 Å². The third kappa shape index (κ3) is 4.22. The van der Waals surface area contributed by atoms with E-state index in [4.69, 9.17) is 21.1 Å². The van der Waals surface area contributed by atoms with Crippen molar-refractivity contribution in [2.45, 2.75) is 57.8 Å². The lowest BCUT2D eigenvalue weighted by atomic mass is 9.83. The lowest BCUT2D eigenvalue weighted by molar-refractivity contribution is -0.128. The molecule has 0 unspecified atom stereocenters. The van der Waals surface area contributed by atoms with Gasteiger partial charge in [0.05, 0.1) is 11.1 Å². The Bertz CT molecular complexity index is 804. The van der Waals surface area contributed by atoms with Gasteiger partial charge in [-0.2, -0.15) is 0 Å². The van der Waals surface area contributed by atoms with E-state index < -0.39 is 6.10 Å². The van der Waals surface area contributed by atoms with Crippen molar-refractivity contribution >= 4 is 17.5 Å². The number of nitrogens with one attached hydrogen (secondary N) is 1. The molecule has 1 heterocycles. The van der Waals surface area contributed by atoms with Crippen LogP contribution in [-0.2, 0) is 4.79 Å². The Kier molecular flexibility index (Phi) is 5.95. The minimum absolute atomic E-state index is 0.111. The Balaban J connectivity index is 1.77. The van der Waals surface area contributed by atoms with Crippen molar-refractivity contribution in [2.24, 2.45) is 0 Å². The van der Waals surface area contributed by atoms with Gasteiger partial charge in [0.1, 0.15) is 17.1 Å². The molecule has 27 heavy (non-hydrogen) atoms. The number of hydrogen-bond acceptors (Lipinski definition) is 3. The highest BCUT2D eigenvalue weighted by Crippen LogP contribution is 2.42. The van der Waals surface area contributed by atoms with Gasteiger partial charge in [-0.15, -0.1) is 0 Å². The Labute approximate surface area is 165 Å². The number of ether oxygens (including phenoxy) is 2. The van der Waals surface area contributed by atoms with E-state index in [0.717, 1.165) is 30.6 Å². The van der Waals surface area contributed by atoms with Crippen LogP contribution in [0.5, 0.6) is 11.5 Å². The maximum absolute atomic E-state index is 12.8. The van der Waals surface area contributed by atoms with E-state index in [0.29, 0.717) is 10.8 Å². The quantitative estimate of drug-likeness (QED) is 0.731. The molecule has 0 aliphatic carbocycles. The van der Waals surface area contributed by atoms with Crippen LogP contribution in [0.2, 0.25) is 5.02 Å². The molecule has 144 valence electrons. The van der Waals surface area contributed by atoms with Crippen LogP contribution in [0.3, 0.4) is 0 Å². The minimum Gasteiger partial charge on any atom is -0.487 e. The Hall–Kier alpha value is -2.20. The molecule has 0 fully saturated rings. The normalized spacial score (nSPS) is 18.7. The molecule has 2 aromatic rings. The zero-order valence-corrected chi connectivity index (χ0v) is 16.8. The molecule has 1 N–H and O–H groups in total. The summed E-state index contributed by atoms with van der Waals surface area (Å²) >= 11 is 6.13. The summed E-state index contributed by atoms with van der Waals surface area (Å²) in [6.45, 7) is 5.98. The number of benzene rings is 2. The highest BCUT2D eigenvalue weighted by Gasteiger charge is 2.39. The van der Waals surface area contributed by atoms with Gasteiger partial charge in [-0.3, -0.25) is 4.79 Å². The fourth-order valence-electron chi connectivity index (χ4n) is 3.50. The molecule has 2 atom stereocenters. The van der Waals surface area contributed by atoms with Gasteiger partial charge in [0.25, 0.3) is 5.91 Å². The maximum atomic E-state index is 12.8. The molecule has 1 amide bonds. The zero-order chi connectivity index (χ0) is 19.4. The molecular formula is C22H26ClNO3. The minimum atomic E-state index is -0.655. The van der Waals surface area contributed by atoms with Crippen LogP contribution in [0.25, 0.3) is 0 Å². The summed E-state index contributed by atoms with van der Waals surface area (Å²) < 4.78 is 12.1. The van der Waals surface area contributed by atoms with E-state index in [9.17, 15) is 4.79 Å². The molecule has 0 radical (unpaired) electrons. The first kappa shape index (κ1) is 19.6. The van der Waals surface area contributed by atoms with Crippen LogP contribution in [0.15, 0.2) is 48.5 Å². The number of carbonyl (C=O) groups is 1. The van der Waals surface area contributed by atoms with Gasteiger partial charge in [-0.25, -0.2) is 0 Å². The van der Waals surface area contributed by atoms with Crippen molar-refractivity contribution in [3.8, 4) is 11.5 Å². The van der Waals surface area contributed by atoms with E-state index in [2.05, 4.69) is 19.2 Å². The number of hydrogen-bond donors (Lipinski definition) is 1. The van der Waals surface area contributed by atoms with Crippen molar-refractivity contribution in [1.29, 1.82) is 0 Å². The van der Waals surface area contributed by atoms with Gasteiger partial charge < -0.3 is 14.8 Å². The fraction of sp³-hybridized carbons (Fsp3) is 0.409. The average molecular weight is 388 g/mol. The highest BCUT2D eigenvalue weighted by molar-refractivity contribution is 6.32. The van der Waals surface area contributed by atoms with Crippen LogP contribution >= 0.6 is 11.6 Å². The standard InChI is InChI=1S/C22H26ClNO3/c1-4-22(5-2)14-18(16-10-6-8-12-19(16)27-22)24-21(25)15(3)26-20-13-9-7-11-17(20)23/h6-13,15,18H,4-5,14H2,1-3H3,(H,24,25)/t15-,18-/m1/s1. The largest absolute Gasteiger partial charge is 0.487 e. The summed E-state index contributed by atoms with van der Waals surface area (Å²) in [7, 11) is 0. The van der Waals surface area contributed by atoms with Gasteiger partial charge in [0, 0.05) is 12.0 Å². The summed E-state index contributed by atoms with van der Waals surface area (Å²) in [6.07, 6.45) is 1.85. The van der Waals surface area contributed by atoms with Crippen LogP contribution < -0.4 is 14.8 Å². The second-order valence-electron chi connectivity index (χ2n) is 6.99. The lowest BCUT2D eigenvalue weighted by Gasteiger charge is -2.41. The van der Waals surface area contributed by atoms with E-state index in [-0.39, 0.29) is 17.6 Å². The molecule has 5 heteroatoms. The van der Waals surface area contributed by atoms with Crippen LogP contribution in [0.1, 0.15) is 51.6 Å². The van der Waals surface area contributed by atoms with Gasteiger partial charge in [-0.05, 0) is 38.0 Å². The molecule has 3 rings (SSSR count). The summed E-state index contributed by atoms with van der Waals surface area (Å²) in [5, 5.41) is 3.64. The molecule has 0 saturated heterocycles. The highest BCUT2D eigenvalue weighted by atomic mass is 35.5. The monoisotopic (exact) mass is 387 g/mol. The summed E-state index contributed by atoms with van der Waals surface area (Å²) in [4.78, 5) is 12.8. The number of carbonyl (C=O) groups excluding carboxylic acids is 1. The van der Waals surface area contributed by atoms with Gasteiger partial charge in [-0.1, -0.05) is 55.8 Å². The Morgan fingerprint density at radius 3 is 2.59 bits per heavy atom. The molecule has 0 bridgehead atoms. The molecule has 1 aliphatic heterocycles. The van der Waals surface area contributed by atoms with Crippen molar-refractivity contribution in [3.05, 3.63) is 59.1 Å². The first-order chi connectivity index (χ1) is 13.0. The van der Waals surface area contributed by atoms with Crippen molar-refractivity contribution < 1.29 is 14.3 Å².